The van der Waals surface area contributed by atoms with Crippen molar-refractivity contribution < 1.29 is 24.0 Å². The summed E-state index contributed by atoms with van der Waals surface area (Å²) in [6.45, 7) is 5.60. The van der Waals surface area contributed by atoms with Crippen molar-refractivity contribution in [2.75, 3.05) is 18.8 Å². The third-order valence-electron chi connectivity index (χ3n) is 5.65. The maximum absolute atomic E-state index is 13.0. The number of hydrogen-bond donors (Lipinski definition) is 4. The van der Waals surface area contributed by atoms with Gasteiger partial charge in [-0.3, -0.25) is 24.0 Å². The Morgan fingerprint density at radius 1 is 1.06 bits per heavy atom. The molecule has 0 aliphatic carbocycles. The number of Topliss-reactive ketones (excluding diaryl/α,β-unsaturated/α-hetero) is 1. The van der Waals surface area contributed by atoms with E-state index in [0.29, 0.717) is 31.4 Å². The van der Waals surface area contributed by atoms with Gasteiger partial charge in [0.15, 0.2) is 5.78 Å². The fourth-order valence-electron chi connectivity index (χ4n) is 3.79. The van der Waals surface area contributed by atoms with Crippen LogP contribution in [0.1, 0.15) is 50.4 Å². The molecule has 1 aliphatic rings. The van der Waals surface area contributed by atoms with Crippen LogP contribution in [0, 0.1) is 5.92 Å². The molecule has 2 rings (SSSR count). The molecule has 1 heterocycles. The normalized spacial score (nSPS) is 17.1. The van der Waals surface area contributed by atoms with Crippen LogP contribution in [0.3, 0.4) is 0 Å². The van der Waals surface area contributed by atoms with Crippen LogP contribution in [0.4, 0.5) is 0 Å². The highest BCUT2D eigenvalue weighted by Gasteiger charge is 2.36. The van der Waals surface area contributed by atoms with E-state index in [2.05, 4.69) is 28.6 Å². The number of nitrogens with one attached hydrogen (secondary N) is 3. The van der Waals surface area contributed by atoms with E-state index in [0.717, 1.165) is 0 Å². The van der Waals surface area contributed by atoms with Crippen LogP contribution in [0.2, 0.25) is 0 Å². The second kappa shape index (κ2) is 13.1. The highest BCUT2D eigenvalue weighted by molar-refractivity contribution is 7.81. The molecule has 0 radical (unpaired) electrons. The smallest absolute Gasteiger partial charge is 0.251 e. The van der Waals surface area contributed by atoms with Gasteiger partial charge in [-0.1, -0.05) is 32.0 Å². The lowest BCUT2D eigenvalue weighted by atomic mass is 10.0. The molecule has 3 N–H and O–H groups in total. The summed E-state index contributed by atoms with van der Waals surface area (Å²) >= 11 is 3.94. The van der Waals surface area contributed by atoms with Gasteiger partial charge in [0, 0.05) is 12.1 Å². The van der Waals surface area contributed by atoms with Crippen molar-refractivity contribution in [2.45, 2.75) is 58.2 Å². The lowest BCUT2D eigenvalue weighted by molar-refractivity contribution is -0.139. The van der Waals surface area contributed by atoms with Crippen molar-refractivity contribution in [3.63, 3.8) is 0 Å². The zero-order chi connectivity index (χ0) is 25.3. The summed E-state index contributed by atoms with van der Waals surface area (Å²) in [6, 6.07) is 6.29. The Morgan fingerprint density at radius 2 is 1.74 bits per heavy atom. The molecule has 34 heavy (non-hydrogen) atoms. The summed E-state index contributed by atoms with van der Waals surface area (Å²) in [5, 5.41) is 7.99. The molecule has 0 bridgehead atoms. The predicted octanol–water partition coefficient (Wildman–Crippen LogP) is 0.942. The fraction of sp³-hybridized carbons (Fsp3) is 0.542. The minimum Gasteiger partial charge on any atom is -0.345 e. The van der Waals surface area contributed by atoms with Crippen LogP contribution in [0.15, 0.2) is 30.3 Å². The molecule has 0 saturated carbocycles. The minimum atomic E-state index is -0.835. The molecule has 1 aromatic carbocycles. The molecular formula is C24H34N4O5S. The maximum atomic E-state index is 13.0. The number of thiol groups is 1. The number of benzene rings is 1. The predicted molar refractivity (Wildman–Crippen MR) is 131 cm³/mol. The molecule has 0 unspecified atom stereocenters. The van der Waals surface area contributed by atoms with Gasteiger partial charge in [0.2, 0.25) is 17.7 Å². The Hall–Kier alpha value is -2.88. The molecule has 1 aromatic rings. The number of hydrogen-bond acceptors (Lipinski definition) is 6. The molecular weight excluding hydrogens is 456 g/mol. The SMILES string of the molecule is CC(C)C[C@H](NC(=O)[C@@H]1CCCN1C(=O)CNC(=O)c1ccccc1)C(=O)N[C@@H](C)C(=O)CS. The van der Waals surface area contributed by atoms with Gasteiger partial charge < -0.3 is 20.9 Å². The summed E-state index contributed by atoms with van der Waals surface area (Å²) in [4.78, 5) is 64.0. The lowest BCUT2D eigenvalue weighted by Crippen LogP contribution is -2.56. The van der Waals surface area contributed by atoms with Gasteiger partial charge in [0.25, 0.3) is 5.91 Å². The van der Waals surface area contributed by atoms with Gasteiger partial charge >= 0.3 is 0 Å². The van der Waals surface area contributed by atoms with E-state index in [-0.39, 0.29) is 35.8 Å². The number of likely N-dealkylation sites (tertiary alicyclic amines) is 1. The van der Waals surface area contributed by atoms with E-state index in [9.17, 15) is 24.0 Å². The van der Waals surface area contributed by atoms with Crippen molar-refractivity contribution in [1.29, 1.82) is 0 Å². The van der Waals surface area contributed by atoms with Crippen molar-refractivity contribution >= 4 is 42.0 Å². The first-order valence-corrected chi connectivity index (χ1v) is 12.1. The fourth-order valence-corrected chi connectivity index (χ4v) is 4.06. The minimum absolute atomic E-state index is 0.00259. The van der Waals surface area contributed by atoms with Crippen molar-refractivity contribution in [3.05, 3.63) is 35.9 Å². The molecule has 4 amide bonds. The molecule has 10 heteroatoms. The molecule has 1 aliphatic heterocycles. The molecule has 0 aromatic heterocycles. The summed E-state index contributed by atoms with van der Waals surface area (Å²) in [5.41, 5.74) is 0.444. The third kappa shape index (κ3) is 7.86. The van der Waals surface area contributed by atoms with E-state index >= 15 is 0 Å². The van der Waals surface area contributed by atoms with E-state index < -0.39 is 29.9 Å². The van der Waals surface area contributed by atoms with Crippen molar-refractivity contribution in [1.82, 2.24) is 20.9 Å². The van der Waals surface area contributed by atoms with Gasteiger partial charge in [-0.2, -0.15) is 12.6 Å². The second-order valence-corrected chi connectivity index (χ2v) is 9.16. The summed E-state index contributed by atoms with van der Waals surface area (Å²) in [5.74, 6) is -1.71. The first-order valence-electron chi connectivity index (χ1n) is 11.5. The van der Waals surface area contributed by atoms with Crippen molar-refractivity contribution in [2.24, 2.45) is 5.92 Å². The van der Waals surface area contributed by atoms with E-state index in [4.69, 9.17) is 0 Å². The van der Waals surface area contributed by atoms with Crippen LogP contribution < -0.4 is 16.0 Å². The Bertz CT molecular complexity index is 893. The van der Waals surface area contributed by atoms with Gasteiger partial charge in [0.1, 0.15) is 12.1 Å². The highest BCUT2D eigenvalue weighted by Crippen LogP contribution is 2.18. The van der Waals surface area contributed by atoms with Gasteiger partial charge in [-0.15, -0.1) is 0 Å². The molecule has 9 nitrogen and oxygen atoms in total. The molecule has 186 valence electrons. The Morgan fingerprint density at radius 3 is 2.35 bits per heavy atom. The molecule has 0 spiro atoms. The van der Waals surface area contributed by atoms with Crippen LogP contribution in [0.5, 0.6) is 0 Å². The van der Waals surface area contributed by atoms with Crippen LogP contribution in [-0.2, 0) is 19.2 Å². The van der Waals surface area contributed by atoms with Gasteiger partial charge in [0.05, 0.1) is 18.3 Å². The average molecular weight is 491 g/mol. The number of amides is 4. The lowest BCUT2D eigenvalue weighted by Gasteiger charge is -2.27. The van der Waals surface area contributed by atoms with E-state index in [1.807, 2.05) is 13.8 Å². The highest BCUT2D eigenvalue weighted by atomic mass is 32.1. The Balaban J connectivity index is 1.99. The maximum Gasteiger partial charge on any atom is 0.251 e. The second-order valence-electron chi connectivity index (χ2n) is 8.84. The largest absolute Gasteiger partial charge is 0.345 e. The van der Waals surface area contributed by atoms with E-state index in [1.54, 1.807) is 37.3 Å². The zero-order valence-corrected chi connectivity index (χ0v) is 20.8. The summed E-state index contributed by atoms with van der Waals surface area (Å²) in [6.07, 6.45) is 1.49. The number of carbonyl (C=O) groups is 5. The van der Waals surface area contributed by atoms with Crippen LogP contribution >= 0.6 is 12.6 Å². The van der Waals surface area contributed by atoms with Crippen LogP contribution in [-0.4, -0.2) is 71.3 Å². The molecule has 3 atom stereocenters. The van der Waals surface area contributed by atoms with Gasteiger partial charge in [-0.25, -0.2) is 0 Å². The topological polar surface area (TPSA) is 125 Å². The first kappa shape index (κ1) is 27.4. The monoisotopic (exact) mass is 490 g/mol. The number of nitrogens with zero attached hydrogens (tertiary/aromatic N) is 1. The quantitative estimate of drug-likeness (QED) is 0.344. The van der Waals surface area contributed by atoms with Crippen molar-refractivity contribution in [3.8, 4) is 0 Å². The van der Waals surface area contributed by atoms with Crippen LogP contribution in [0.25, 0.3) is 0 Å². The first-order chi connectivity index (χ1) is 16.1. The standard InChI is InChI=1S/C24H34N4O5S/c1-15(2)12-18(23(32)26-16(3)20(29)14-34)27-24(33)19-10-7-11-28(19)21(30)13-25-22(31)17-8-5-4-6-9-17/h4-6,8-9,15-16,18-19,34H,7,10-14H2,1-3H3,(H,25,31)(H,26,32)(H,27,33)/t16-,18-,19-/m0/s1. The molecule has 1 fully saturated rings. The van der Waals surface area contributed by atoms with Gasteiger partial charge in [-0.05, 0) is 44.2 Å². The number of ketones is 1. The third-order valence-corrected chi connectivity index (χ3v) is 5.96. The Labute approximate surface area is 205 Å². The average Bonchev–Trinajstić information content (AvgIpc) is 3.31. The van der Waals surface area contributed by atoms with E-state index in [1.165, 1.54) is 4.90 Å². The molecule has 1 saturated heterocycles. The zero-order valence-electron chi connectivity index (χ0n) is 19.9. The summed E-state index contributed by atoms with van der Waals surface area (Å²) < 4.78 is 0. The Kier molecular flexibility index (Phi) is 10.6. The summed E-state index contributed by atoms with van der Waals surface area (Å²) in [7, 11) is 0. The number of rotatable bonds is 11. The number of carbonyl (C=O) groups excluding carboxylic acids is 5.